The monoisotopic (exact) mass is 211 g/mol. The summed E-state index contributed by atoms with van der Waals surface area (Å²) in [4.78, 5) is 10.7. The lowest BCUT2D eigenvalue weighted by molar-refractivity contribution is -0.119. The third kappa shape index (κ3) is 3.18. The summed E-state index contributed by atoms with van der Waals surface area (Å²) in [5.74, 6) is 2.28. The zero-order chi connectivity index (χ0) is 10.8. The SMILES string of the molecule is NC(=O)C(N)CNCC(C1CC1)C1CC1. The van der Waals surface area contributed by atoms with E-state index in [-0.39, 0.29) is 0 Å². The third-order valence-corrected chi connectivity index (χ3v) is 3.56. The Kier molecular flexibility index (Phi) is 3.26. The minimum atomic E-state index is -0.538. The zero-order valence-electron chi connectivity index (χ0n) is 9.11. The van der Waals surface area contributed by atoms with Crippen LogP contribution in [0, 0.1) is 17.8 Å². The highest BCUT2D eigenvalue weighted by atomic mass is 16.1. The molecule has 4 heteroatoms. The van der Waals surface area contributed by atoms with Gasteiger partial charge in [-0.05, 0) is 50.0 Å². The molecule has 0 aliphatic heterocycles. The molecule has 0 radical (unpaired) electrons. The fourth-order valence-corrected chi connectivity index (χ4v) is 2.27. The molecule has 2 rings (SSSR count). The van der Waals surface area contributed by atoms with Crippen LogP contribution < -0.4 is 16.8 Å². The molecule has 1 amide bonds. The van der Waals surface area contributed by atoms with Gasteiger partial charge >= 0.3 is 0 Å². The molecule has 0 aromatic heterocycles. The van der Waals surface area contributed by atoms with Crippen LogP contribution in [0.4, 0.5) is 0 Å². The topological polar surface area (TPSA) is 81.1 Å². The van der Waals surface area contributed by atoms with Gasteiger partial charge in [-0.1, -0.05) is 0 Å². The van der Waals surface area contributed by atoms with Crippen LogP contribution in [0.25, 0.3) is 0 Å². The Morgan fingerprint density at radius 1 is 1.20 bits per heavy atom. The normalized spacial score (nSPS) is 23.1. The summed E-state index contributed by atoms with van der Waals surface area (Å²) in [6.07, 6.45) is 5.57. The molecular formula is C11H21N3O. The van der Waals surface area contributed by atoms with Crippen LogP contribution >= 0.6 is 0 Å². The Morgan fingerprint density at radius 2 is 1.73 bits per heavy atom. The Hall–Kier alpha value is -0.610. The second kappa shape index (κ2) is 4.49. The van der Waals surface area contributed by atoms with Crippen molar-refractivity contribution in [3.05, 3.63) is 0 Å². The highest BCUT2D eigenvalue weighted by molar-refractivity contribution is 5.79. The van der Waals surface area contributed by atoms with E-state index in [1.165, 1.54) is 25.7 Å². The minimum absolute atomic E-state index is 0.420. The van der Waals surface area contributed by atoms with E-state index >= 15 is 0 Å². The number of primary amides is 1. The molecule has 0 aromatic carbocycles. The van der Waals surface area contributed by atoms with Gasteiger partial charge in [0.15, 0.2) is 0 Å². The van der Waals surface area contributed by atoms with Gasteiger partial charge in [0.1, 0.15) is 0 Å². The number of hydrogen-bond acceptors (Lipinski definition) is 3. The Balaban J connectivity index is 1.65. The number of rotatable bonds is 7. The van der Waals surface area contributed by atoms with Crippen molar-refractivity contribution in [2.24, 2.45) is 29.2 Å². The van der Waals surface area contributed by atoms with E-state index in [9.17, 15) is 4.79 Å². The van der Waals surface area contributed by atoms with Crippen LogP contribution in [0.15, 0.2) is 0 Å². The Labute approximate surface area is 90.8 Å². The fourth-order valence-electron chi connectivity index (χ4n) is 2.27. The molecule has 86 valence electrons. The van der Waals surface area contributed by atoms with Crippen LogP contribution in [0.1, 0.15) is 25.7 Å². The summed E-state index contributed by atoms with van der Waals surface area (Å²) in [7, 11) is 0. The van der Waals surface area contributed by atoms with E-state index in [1.807, 2.05) is 0 Å². The van der Waals surface area contributed by atoms with Crippen molar-refractivity contribution < 1.29 is 4.79 Å². The van der Waals surface area contributed by atoms with Gasteiger partial charge in [-0.15, -0.1) is 0 Å². The number of hydrogen-bond donors (Lipinski definition) is 3. The molecule has 2 aliphatic carbocycles. The summed E-state index contributed by atoms with van der Waals surface area (Å²) in [6, 6.07) is -0.538. The Morgan fingerprint density at radius 3 is 2.13 bits per heavy atom. The lowest BCUT2D eigenvalue weighted by Gasteiger charge is -2.17. The fraction of sp³-hybridized carbons (Fsp3) is 0.909. The van der Waals surface area contributed by atoms with Gasteiger partial charge in [0.2, 0.25) is 5.91 Å². The molecule has 2 aliphatic rings. The largest absolute Gasteiger partial charge is 0.368 e. The summed E-state index contributed by atoms with van der Waals surface area (Å²) in [5.41, 5.74) is 10.6. The van der Waals surface area contributed by atoms with Crippen LogP contribution in [0.5, 0.6) is 0 Å². The van der Waals surface area contributed by atoms with E-state index in [2.05, 4.69) is 5.32 Å². The number of carbonyl (C=O) groups is 1. The smallest absolute Gasteiger partial charge is 0.235 e. The van der Waals surface area contributed by atoms with Gasteiger partial charge in [-0.25, -0.2) is 0 Å². The first-order valence-corrected chi connectivity index (χ1v) is 5.94. The second-order valence-corrected chi connectivity index (χ2v) is 5.01. The molecule has 2 fully saturated rings. The number of nitrogens with two attached hydrogens (primary N) is 2. The molecule has 0 spiro atoms. The lowest BCUT2D eigenvalue weighted by atomic mass is 9.98. The average molecular weight is 211 g/mol. The first kappa shape index (κ1) is 10.9. The highest BCUT2D eigenvalue weighted by Crippen LogP contribution is 2.48. The highest BCUT2D eigenvalue weighted by Gasteiger charge is 2.40. The van der Waals surface area contributed by atoms with Gasteiger partial charge in [-0.3, -0.25) is 4.79 Å². The molecule has 0 saturated heterocycles. The molecule has 15 heavy (non-hydrogen) atoms. The first-order valence-electron chi connectivity index (χ1n) is 5.94. The van der Waals surface area contributed by atoms with Crippen molar-refractivity contribution in [2.75, 3.05) is 13.1 Å². The van der Waals surface area contributed by atoms with Gasteiger partial charge in [0.05, 0.1) is 6.04 Å². The number of carbonyl (C=O) groups excluding carboxylic acids is 1. The van der Waals surface area contributed by atoms with E-state index in [1.54, 1.807) is 0 Å². The summed E-state index contributed by atoms with van der Waals surface area (Å²) >= 11 is 0. The summed E-state index contributed by atoms with van der Waals surface area (Å²) in [5, 5.41) is 3.28. The van der Waals surface area contributed by atoms with Crippen molar-refractivity contribution in [1.29, 1.82) is 0 Å². The zero-order valence-corrected chi connectivity index (χ0v) is 9.11. The van der Waals surface area contributed by atoms with Crippen LogP contribution in [-0.2, 0) is 4.79 Å². The van der Waals surface area contributed by atoms with E-state index in [4.69, 9.17) is 11.5 Å². The maximum absolute atomic E-state index is 10.7. The van der Waals surface area contributed by atoms with Gasteiger partial charge in [-0.2, -0.15) is 0 Å². The average Bonchev–Trinajstić information content (AvgIpc) is 3.01. The molecular weight excluding hydrogens is 190 g/mol. The maximum atomic E-state index is 10.7. The molecule has 2 saturated carbocycles. The van der Waals surface area contributed by atoms with Gasteiger partial charge in [0.25, 0.3) is 0 Å². The van der Waals surface area contributed by atoms with Crippen molar-refractivity contribution in [1.82, 2.24) is 5.32 Å². The van der Waals surface area contributed by atoms with E-state index in [0.717, 1.165) is 24.3 Å². The van der Waals surface area contributed by atoms with Crippen molar-refractivity contribution in [3.63, 3.8) is 0 Å². The van der Waals surface area contributed by atoms with Crippen LogP contribution in [0.3, 0.4) is 0 Å². The minimum Gasteiger partial charge on any atom is -0.368 e. The maximum Gasteiger partial charge on any atom is 0.235 e. The van der Waals surface area contributed by atoms with Crippen molar-refractivity contribution in [3.8, 4) is 0 Å². The molecule has 0 heterocycles. The van der Waals surface area contributed by atoms with E-state index in [0.29, 0.717) is 6.54 Å². The summed E-state index contributed by atoms with van der Waals surface area (Å²) < 4.78 is 0. The standard InChI is InChI=1S/C11H21N3O/c12-10(11(13)15)6-14-5-9(7-1-2-7)8-3-4-8/h7-10,14H,1-6,12H2,(H2,13,15). The molecule has 1 atom stereocenters. The number of nitrogens with one attached hydrogen (secondary N) is 1. The second-order valence-electron chi connectivity index (χ2n) is 5.01. The molecule has 0 bridgehead atoms. The summed E-state index contributed by atoms with van der Waals surface area (Å²) in [6.45, 7) is 1.53. The van der Waals surface area contributed by atoms with Gasteiger partial charge < -0.3 is 16.8 Å². The number of amides is 1. The molecule has 4 nitrogen and oxygen atoms in total. The predicted octanol–water partition coefficient (Wildman–Crippen LogP) is -0.175. The van der Waals surface area contributed by atoms with Crippen molar-refractivity contribution >= 4 is 5.91 Å². The molecule has 0 aromatic rings. The Bertz CT molecular complexity index is 224. The third-order valence-electron chi connectivity index (χ3n) is 3.56. The lowest BCUT2D eigenvalue weighted by Crippen LogP contribution is -2.45. The quantitative estimate of drug-likeness (QED) is 0.546. The molecule has 5 N–H and O–H groups in total. The van der Waals surface area contributed by atoms with Crippen LogP contribution in [0.2, 0.25) is 0 Å². The van der Waals surface area contributed by atoms with Crippen LogP contribution in [-0.4, -0.2) is 25.0 Å². The van der Waals surface area contributed by atoms with Gasteiger partial charge in [0, 0.05) is 6.54 Å². The van der Waals surface area contributed by atoms with Crippen molar-refractivity contribution in [2.45, 2.75) is 31.7 Å². The first-order chi connectivity index (χ1) is 7.18. The molecule has 1 unspecified atom stereocenters. The van der Waals surface area contributed by atoms with E-state index < -0.39 is 11.9 Å². The predicted molar refractivity (Wildman–Crippen MR) is 59.0 cm³/mol.